The molecule has 0 heterocycles. The number of halogens is 1. The van der Waals surface area contributed by atoms with E-state index in [0.717, 1.165) is 0 Å². The third-order valence-electron chi connectivity index (χ3n) is 2.32. The minimum Gasteiger partial charge on any atom is -0.368 e. The van der Waals surface area contributed by atoms with Crippen molar-refractivity contribution in [2.24, 2.45) is 5.92 Å². The van der Waals surface area contributed by atoms with Gasteiger partial charge in [-0.15, -0.1) is 0 Å². The normalized spacial score (nSPS) is 17.7. The van der Waals surface area contributed by atoms with E-state index in [0.29, 0.717) is 12.5 Å². The van der Waals surface area contributed by atoms with Gasteiger partial charge in [0.1, 0.15) is 11.8 Å². The zero-order chi connectivity index (χ0) is 10.7. The molecular formula is C11H13FO2S. The summed E-state index contributed by atoms with van der Waals surface area (Å²) in [7, 11) is -1.38. The van der Waals surface area contributed by atoms with E-state index in [1.807, 2.05) is 0 Å². The van der Waals surface area contributed by atoms with Crippen LogP contribution in [0.4, 0.5) is 4.39 Å². The summed E-state index contributed by atoms with van der Waals surface area (Å²) < 4.78 is 30.1. The molecule has 1 unspecified atom stereocenters. The molecule has 2 nitrogen and oxygen atoms in total. The van der Waals surface area contributed by atoms with E-state index in [9.17, 15) is 8.60 Å². The Morgan fingerprint density at radius 1 is 1.40 bits per heavy atom. The van der Waals surface area contributed by atoms with Crippen molar-refractivity contribution in [2.75, 3.05) is 12.5 Å². The molecule has 1 atom stereocenters. The predicted octanol–water partition coefficient (Wildman–Crippen LogP) is 2.32. The highest BCUT2D eigenvalue weighted by Crippen LogP contribution is 2.28. The standard InChI is InChI=1S/C11H13FO2S/c12-10-3-1-2-4-11(10)15(13)8-14-7-9-5-6-9/h1-4,9H,5-8H2. The lowest BCUT2D eigenvalue weighted by molar-refractivity contribution is 0.168. The van der Waals surface area contributed by atoms with Crippen LogP contribution in [0.2, 0.25) is 0 Å². The Morgan fingerprint density at radius 3 is 2.80 bits per heavy atom. The Hall–Kier alpha value is -0.740. The van der Waals surface area contributed by atoms with E-state index in [4.69, 9.17) is 4.74 Å². The maximum atomic E-state index is 13.2. The molecule has 15 heavy (non-hydrogen) atoms. The van der Waals surface area contributed by atoms with Crippen molar-refractivity contribution >= 4 is 10.8 Å². The summed E-state index contributed by atoms with van der Waals surface area (Å²) in [6, 6.07) is 6.11. The number of ether oxygens (including phenoxy) is 1. The molecule has 4 heteroatoms. The molecule has 0 saturated heterocycles. The Morgan fingerprint density at radius 2 is 2.13 bits per heavy atom. The number of hydrogen-bond donors (Lipinski definition) is 0. The van der Waals surface area contributed by atoms with E-state index in [2.05, 4.69) is 0 Å². The maximum absolute atomic E-state index is 13.2. The van der Waals surface area contributed by atoms with Crippen LogP contribution in [0, 0.1) is 11.7 Å². The smallest absolute Gasteiger partial charge is 0.139 e. The maximum Gasteiger partial charge on any atom is 0.139 e. The molecule has 0 radical (unpaired) electrons. The van der Waals surface area contributed by atoms with Crippen LogP contribution < -0.4 is 0 Å². The van der Waals surface area contributed by atoms with Gasteiger partial charge in [-0.25, -0.2) is 4.39 Å². The van der Waals surface area contributed by atoms with Crippen molar-refractivity contribution in [3.8, 4) is 0 Å². The first kappa shape index (κ1) is 10.8. The van der Waals surface area contributed by atoms with E-state index in [1.54, 1.807) is 12.1 Å². The molecule has 0 N–H and O–H groups in total. The molecule has 1 aliphatic rings. The summed E-state index contributed by atoms with van der Waals surface area (Å²) in [5.74, 6) is 0.311. The highest BCUT2D eigenvalue weighted by Gasteiger charge is 2.21. The Kier molecular flexibility index (Phi) is 3.49. The minimum atomic E-state index is -1.38. The summed E-state index contributed by atoms with van der Waals surface area (Å²) in [6.07, 6.45) is 2.40. The van der Waals surface area contributed by atoms with E-state index in [-0.39, 0.29) is 10.8 Å². The van der Waals surface area contributed by atoms with Gasteiger partial charge < -0.3 is 4.74 Å². The second-order valence-electron chi connectivity index (χ2n) is 3.71. The van der Waals surface area contributed by atoms with Gasteiger partial charge in [0.15, 0.2) is 0 Å². The van der Waals surface area contributed by atoms with Crippen LogP contribution in [0.25, 0.3) is 0 Å². The lowest BCUT2D eigenvalue weighted by Gasteiger charge is -2.04. The monoisotopic (exact) mass is 228 g/mol. The molecule has 1 fully saturated rings. The van der Waals surface area contributed by atoms with Gasteiger partial charge in [0.25, 0.3) is 0 Å². The molecule has 0 amide bonds. The molecule has 1 saturated carbocycles. The average Bonchev–Trinajstić information content (AvgIpc) is 3.02. The lowest BCUT2D eigenvalue weighted by atomic mass is 10.4. The zero-order valence-corrected chi connectivity index (χ0v) is 9.13. The highest BCUT2D eigenvalue weighted by molar-refractivity contribution is 7.84. The van der Waals surface area contributed by atoms with Gasteiger partial charge in [-0.2, -0.15) is 0 Å². The van der Waals surface area contributed by atoms with E-state index < -0.39 is 16.6 Å². The first-order valence-corrected chi connectivity index (χ1v) is 6.30. The van der Waals surface area contributed by atoms with Crippen LogP contribution in [0.1, 0.15) is 12.8 Å². The van der Waals surface area contributed by atoms with Gasteiger partial charge in [0.05, 0.1) is 22.3 Å². The van der Waals surface area contributed by atoms with Gasteiger partial charge in [-0.3, -0.25) is 4.21 Å². The van der Waals surface area contributed by atoms with Gasteiger partial charge >= 0.3 is 0 Å². The summed E-state index contributed by atoms with van der Waals surface area (Å²) in [5.41, 5.74) is 0. The molecule has 1 aliphatic carbocycles. The van der Waals surface area contributed by atoms with E-state index in [1.165, 1.54) is 25.0 Å². The van der Waals surface area contributed by atoms with Crippen molar-refractivity contribution < 1.29 is 13.3 Å². The average molecular weight is 228 g/mol. The lowest BCUT2D eigenvalue weighted by Crippen LogP contribution is -2.06. The highest BCUT2D eigenvalue weighted by atomic mass is 32.2. The molecule has 0 spiro atoms. The fourth-order valence-electron chi connectivity index (χ4n) is 1.27. The SMILES string of the molecule is O=S(COCC1CC1)c1ccccc1F. The van der Waals surface area contributed by atoms with Gasteiger partial charge in [-0.05, 0) is 30.9 Å². The fourth-order valence-corrected chi connectivity index (χ4v) is 2.16. The minimum absolute atomic E-state index is 0.0947. The van der Waals surface area contributed by atoms with Crippen molar-refractivity contribution in [3.63, 3.8) is 0 Å². The molecule has 1 aromatic rings. The van der Waals surface area contributed by atoms with Crippen LogP contribution in [0.3, 0.4) is 0 Å². The molecule has 0 aliphatic heterocycles. The van der Waals surface area contributed by atoms with Crippen molar-refractivity contribution in [3.05, 3.63) is 30.1 Å². The molecule has 0 bridgehead atoms. The van der Waals surface area contributed by atoms with Crippen LogP contribution in [0.15, 0.2) is 29.2 Å². The van der Waals surface area contributed by atoms with Crippen LogP contribution >= 0.6 is 0 Å². The second kappa shape index (κ2) is 4.86. The number of hydrogen-bond acceptors (Lipinski definition) is 2. The predicted molar refractivity (Wildman–Crippen MR) is 56.4 cm³/mol. The van der Waals surface area contributed by atoms with Crippen molar-refractivity contribution in [1.29, 1.82) is 0 Å². The summed E-state index contributed by atoms with van der Waals surface area (Å²) in [6.45, 7) is 0.653. The Bertz CT molecular complexity index is 363. The summed E-state index contributed by atoms with van der Waals surface area (Å²) >= 11 is 0. The Balaban J connectivity index is 1.86. The molecule has 2 rings (SSSR count). The largest absolute Gasteiger partial charge is 0.368 e. The summed E-state index contributed by atoms with van der Waals surface area (Å²) in [5, 5.41) is 0. The third-order valence-corrected chi connectivity index (χ3v) is 3.53. The topological polar surface area (TPSA) is 26.3 Å². The van der Waals surface area contributed by atoms with Crippen LogP contribution in [0.5, 0.6) is 0 Å². The summed E-state index contributed by atoms with van der Waals surface area (Å²) in [4.78, 5) is 0.230. The van der Waals surface area contributed by atoms with Crippen LogP contribution in [-0.4, -0.2) is 16.8 Å². The Labute approximate surface area is 90.9 Å². The molecule has 82 valence electrons. The quantitative estimate of drug-likeness (QED) is 0.773. The van der Waals surface area contributed by atoms with Gasteiger partial charge in [0, 0.05) is 0 Å². The van der Waals surface area contributed by atoms with Gasteiger partial charge in [0.2, 0.25) is 0 Å². The van der Waals surface area contributed by atoms with Crippen molar-refractivity contribution in [2.45, 2.75) is 17.7 Å². The second-order valence-corrected chi connectivity index (χ2v) is 5.07. The van der Waals surface area contributed by atoms with Gasteiger partial charge in [-0.1, -0.05) is 12.1 Å². The van der Waals surface area contributed by atoms with Crippen molar-refractivity contribution in [1.82, 2.24) is 0 Å². The van der Waals surface area contributed by atoms with E-state index >= 15 is 0 Å². The number of benzene rings is 1. The first-order valence-electron chi connectivity index (χ1n) is 4.98. The first-order chi connectivity index (χ1) is 7.27. The molecule has 1 aromatic carbocycles. The molecule has 0 aromatic heterocycles. The molecular weight excluding hydrogens is 215 g/mol. The van der Waals surface area contributed by atoms with Crippen LogP contribution in [-0.2, 0) is 15.5 Å². The third kappa shape index (κ3) is 3.11. The fraction of sp³-hybridized carbons (Fsp3) is 0.455. The number of rotatable bonds is 5. The zero-order valence-electron chi connectivity index (χ0n) is 8.32.